The summed E-state index contributed by atoms with van der Waals surface area (Å²) in [5, 5.41) is 0. The minimum absolute atomic E-state index is 0.0156. The van der Waals surface area contributed by atoms with Gasteiger partial charge in [0.15, 0.2) is 0 Å². The van der Waals surface area contributed by atoms with Crippen molar-refractivity contribution in [3.8, 4) is 5.75 Å². The molecule has 55 heavy (non-hydrogen) atoms. The molecule has 2 aliphatic heterocycles. The summed E-state index contributed by atoms with van der Waals surface area (Å²) < 4.78 is 116. The van der Waals surface area contributed by atoms with Crippen LogP contribution in [-0.2, 0) is 55.5 Å². The SMILES string of the molecule is NC(Cn1c(=O)c2c(n(Cc3c(F)cccc3C(F)(F)F)c1=O)COC21CCN(Cc2ccc(C(F)(F)F)o2)CC1)c1cccc(OCc2ccccc2)c1. The van der Waals surface area contributed by atoms with Gasteiger partial charge in [-0.2, -0.15) is 26.3 Å². The Labute approximate surface area is 309 Å². The van der Waals surface area contributed by atoms with Crippen molar-refractivity contribution in [1.29, 1.82) is 0 Å². The summed E-state index contributed by atoms with van der Waals surface area (Å²) in [7, 11) is 0. The third-order valence-electron chi connectivity index (χ3n) is 10.1. The molecule has 1 spiro atoms. The molecule has 290 valence electrons. The third kappa shape index (κ3) is 7.84. The molecule has 7 rings (SSSR count). The van der Waals surface area contributed by atoms with Gasteiger partial charge in [0.25, 0.3) is 5.56 Å². The molecule has 3 aromatic carbocycles. The second-order valence-corrected chi connectivity index (χ2v) is 13.6. The average molecular weight is 773 g/mol. The molecular formula is C39H35F7N4O5. The molecule has 0 radical (unpaired) electrons. The van der Waals surface area contributed by atoms with E-state index >= 15 is 4.39 Å². The van der Waals surface area contributed by atoms with Gasteiger partial charge >= 0.3 is 18.0 Å². The highest BCUT2D eigenvalue weighted by molar-refractivity contribution is 5.35. The lowest BCUT2D eigenvalue weighted by molar-refractivity contribution is -0.153. The molecule has 0 aliphatic carbocycles. The molecule has 1 atom stereocenters. The first-order chi connectivity index (χ1) is 26.1. The lowest BCUT2D eigenvalue weighted by atomic mass is 9.85. The van der Waals surface area contributed by atoms with Crippen LogP contribution < -0.4 is 21.7 Å². The molecule has 1 fully saturated rings. The second kappa shape index (κ2) is 14.8. The molecule has 0 bridgehead atoms. The van der Waals surface area contributed by atoms with E-state index in [0.717, 1.165) is 32.9 Å². The van der Waals surface area contributed by atoms with Crippen molar-refractivity contribution in [2.45, 2.75) is 69.7 Å². The monoisotopic (exact) mass is 772 g/mol. The Balaban J connectivity index is 1.22. The Morgan fingerprint density at radius 2 is 1.56 bits per heavy atom. The number of ether oxygens (including phenoxy) is 2. The van der Waals surface area contributed by atoms with Gasteiger partial charge in [-0.05, 0) is 60.4 Å². The van der Waals surface area contributed by atoms with Crippen molar-refractivity contribution in [3.05, 3.63) is 157 Å². The van der Waals surface area contributed by atoms with Gasteiger partial charge < -0.3 is 19.6 Å². The van der Waals surface area contributed by atoms with Gasteiger partial charge in [-0.1, -0.05) is 48.5 Å². The molecular weight excluding hydrogens is 737 g/mol. The van der Waals surface area contributed by atoms with Crippen LogP contribution in [0.15, 0.2) is 98.9 Å². The Morgan fingerprint density at radius 3 is 2.25 bits per heavy atom. The summed E-state index contributed by atoms with van der Waals surface area (Å²) in [6.45, 7) is -0.789. The van der Waals surface area contributed by atoms with Crippen molar-refractivity contribution < 1.29 is 44.6 Å². The number of alkyl halides is 6. The van der Waals surface area contributed by atoms with Gasteiger partial charge in [0.2, 0.25) is 5.76 Å². The number of nitrogens with two attached hydrogens (primary N) is 1. The number of aromatic nitrogens is 2. The summed E-state index contributed by atoms with van der Waals surface area (Å²) in [6, 6.07) is 19.8. The molecule has 2 N–H and O–H groups in total. The van der Waals surface area contributed by atoms with Crippen LogP contribution in [-0.4, -0.2) is 27.1 Å². The number of furan rings is 1. The van der Waals surface area contributed by atoms with Gasteiger partial charge in [-0.25, -0.2) is 9.18 Å². The molecule has 0 saturated carbocycles. The number of piperidine rings is 1. The van der Waals surface area contributed by atoms with Crippen molar-refractivity contribution in [2.75, 3.05) is 13.1 Å². The zero-order chi connectivity index (χ0) is 39.1. The van der Waals surface area contributed by atoms with Crippen LogP contribution in [0.2, 0.25) is 0 Å². The van der Waals surface area contributed by atoms with Crippen LogP contribution in [0.25, 0.3) is 0 Å². The maximum Gasteiger partial charge on any atom is 0.449 e. The first kappa shape index (κ1) is 38.1. The van der Waals surface area contributed by atoms with E-state index in [1.165, 1.54) is 6.07 Å². The van der Waals surface area contributed by atoms with E-state index in [-0.39, 0.29) is 62.7 Å². The number of halogens is 7. The molecule has 2 aromatic heterocycles. The van der Waals surface area contributed by atoms with E-state index in [0.29, 0.717) is 17.4 Å². The molecule has 1 unspecified atom stereocenters. The van der Waals surface area contributed by atoms with Gasteiger partial charge in [0, 0.05) is 24.7 Å². The summed E-state index contributed by atoms with van der Waals surface area (Å²) in [5.74, 6) is -1.76. The zero-order valence-corrected chi connectivity index (χ0v) is 29.1. The highest BCUT2D eigenvalue weighted by Crippen LogP contribution is 2.43. The fourth-order valence-corrected chi connectivity index (χ4v) is 7.28. The summed E-state index contributed by atoms with van der Waals surface area (Å²) in [6.07, 6.45) is -9.29. The van der Waals surface area contributed by atoms with Crippen LogP contribution in [0.1, 0.15) is 63.9 Å². The molecule has 4 heterocycles. The average Bonchev–Trinajstić information content (AvgIpc) is 3.78. The molecule has 16 heteroatoms. The number of nitrogens with zero attached hydrogens (tertiary/aromatic N) is 3. The fraction of sp³-hybridized carbons (Fsp3) is 0.333. The van der Waals surface area contributed by atoms with E-state index in [4.69, 9.17) is 19.6 Å². The quantitative estimate of drug-likeness (QED) is 0.151. The van der Waals surface area contributed by atoms with Gasteiger partial charge in [0.05, 0.1) is 43.1 Å². The largest absolute Gasteiger partial charge is 0.489 e. The van der Waals surface area contributed by atoms with E-state index in [1.807, 2.05) is 35.2 Å². The number of benzene rings is 3. The van der Waals surface area contributed by atoms with Crippen LogP contribution in [0, 0.1) is 5.82 Å². The summed E-state index contributed by atoms with van der Waals surface area (Å²) in [5.41, 5.74) is 2.97. The predicted octanol–water partition coefficient (Wildman–Crippen LogP) is 7.13. The normalized spacial score (nSPS) is 16.4. The molecule has 2 aliphatic rings. The summed E-state index contributed by atoms with van der Waals surface area (Å²) >= 11 is 0. The first-order valence-corrected chi connectivity index (χ1v) is 17.4. The van der Waals surface area contributed by atoms with Crippen LogP contribution in [0.5, 0.6) is 5.75 Å². The highest BCUT2D eigenvalue weighted by Gasteiger charge is 2.47. The molecule has 9 nitrogen and oxygen atoms in total. The van der Waals surface area contributed by atoms with E-state index < -0.39 is 71.0 Å². The highest BCUT2D eigenvalue weighted by atomic mass is 19.4. The smallest absolute Gasteiger partial charge is 0.449 e. The number of rotatable bonds is 10. The van der Waals surface area contributed by atoms with Crippen molar-refractivity contribution >= 4 is 0 Å². The lowest BCUT2D eigenvalue weighted by Crippen LogP contribution is -2.49. The third-order valence-corrected chi connectivity index (χ3v) is 10.1. The second-order valence-electron chi connectivity index (χ2n) is 13.6. The maximum absolute atomic E-state index is 15.2. The Morgan fingerprint density at radius 1 is 0.836 bits per heavy atom. The summed E-state index contributed by atoms with van der Waals surface area (Å²) in [4.78, 5) is 30.4. The minimum Gasteiger partial charge on any atom is -0.489 e. The van der Waals surface area contributed by atoms with E-state index in [9.17, 15) is 35.9 Å². The number of likely N-dealkylation sites (tertiary alicyclic amines) is 1. The van der Waals surface area contributed by atoms with Crippen molar-refractivity contribution in [2.24, 2.45) is 5.73 Å². The molecule has 0 amide bonds. The van der Waals surface area contributed by atoms with E-state index in [1.54, 1.807) is 24.3 Å². The van der Waals surface area contributed by atoms with Crippen LogP contribution in [0.3, 0.4) is 0 Å². The number of fused-ring (bicyclic) bond motifs is 2. The van der Waals surface area contributed by atoms with Crippen LogP contribution in [0.4, 0.5) is 30.7 Å². The Hall–Kier alpha value is -5.19. The predicted molar refractivity (Wildman–Crippen MR) is 184 cm³/mol. The Kier molecular flexibility index (Phi) is 10.3. The lowest BCUT2D eigenvalue weighted by Gasteiger charge is -2.38. The first-order valence-electron chi connectivity index (χ1n) is 17.4. The molecule has 5 aromatic rings. The van der Waals surface area contributed by atoms with Crippen LogP contribution >= 0.6 is 0 Å². The number of hydrogen-bond acceptors (Lipinski definition) is 7. The van der Waals surface area contributed by atoms with E-state index in [2.05, 4.69) is 0 Å². The Bertz CT molecular complexity index is 2290. The standard InChI is InChI=1S/C39H35F7N4O5/c40-30-11-5-10-29(38(41,42)43)28(30)20-49-32-23-54-37(14-16-48(17-15-37)19-27-12-13-33(55-27)39(44,45)46)34(32)35(51)50(36(49)52)21-31(47)25-8-4-9-26(18-25)53-22-24-6-2-1-3-7-24/h1-13,18,31H,14-17,19-23,47H2. The topological polar surface area (TPSA) is 105 Å². The van der Waals surface area contributed by atoms with Gasteiger partial charge in [-0.3, -0.25) is 18.8 Å². The number of hydrogen-bond donors (Lipinski definition) is 1. The fourth-order valence-electron chi connectivity index (χ4n) is 7.28. The zero-order valence-electron chi connectivity index (χ0n) is 29.1. The molecule has 1 saturated heterocycles. The minimum atomic E-state index is -4.95. The van der Waals surface area contributed by atoms with Gasteiger partial charge in [0.1, 0.15) is 29.5 Å². The van der Waals surface area contributed by atoms with Gasteiger partial charge in [-0.15, -0.1) is 0 Å². The maximum atomic E-state index is 15.2. The van der Waals surface area contributed by atoms with Crippen molar-refractivity contribution in [3.63, 3.8) is 0 Å². The van der Waals surface area contributed by atoms with Crippen molar-refractivity contribution in [1.82, 2.24) is 14.0 Å².